The van der Waals surface area contributed by atoms with E-state index in [-0.39, 0.29) is 0 Å². The van der Waals surface area contributed by atoms with E-state index < -0.39 is 0 Å². The summed E-state index contributed by atoms with van der Waals surface area (Å²) in [5.41, 5.74) is 0.319. The van der Waals surface area contributed by atoms with E-state index in [1.165, 1.54) is 6.07 Å². The molecule has 1 heterocycles. The van der Waals surface area contributed by atoms with Crippen molar-refractivity contribution < 1.29 is 0 Å². The van der Waals surface area contributed by atoms with Gasteiger partial charge in [0.25, 0.3) is 0 Å². The second kappa shape index (κ2) is 3.00. The van der Waals surface area contributed by atoms with Gasteiger partial charge < -0.3 is 0 Å². The van der Waals surface area contributed by atoms with Gasteiger partial charge in [0.2, 0.25) is 0 Å². The van der Waals surface area contributed by atoms with Gasteiger partial charge in [0.1, 0.15) is 16.4 Å². The van der Waals surface area contributed by atoms with Crippen molar-refractivity contribution in [3.05, 3.63) is 27.5 Å². The smallest absolute Gasteiger partial charge is 0.143 e. The summed E-state index contributed by atoms with van der Waals surface area (Å²) in [6, 6.07) is 5.02. The summed E-state index contributed by atoms with van der Waals surface area (Å²) in [6.07, 6.45) is 0. The lowest BCUT2D eigenvalue weighted by Crippen LogP contribution is -1.81. The average molecular weight is 217 g/mol. The van der Waals surface area contributed by atoms with Crippen LogP contribution in [0, 0.1) is 11.3 Å². The summed E-state index contributed by atoms with van der Waals surface area (Å²) >= 11 is 8.71. The van der Waals surface area contributed by atoms with Crippen molar-refractivity contribution in [2.45, 2.75) is 0 Å². The summed E-state index contributed by atoms with van der Waals surface area (Å²) in [7, 11) is 0. The number of hydrogen-bond acceptors (Lipinski definition) is 2. The van der Waals surface area contributed by atoms with Crippen LogP contribution in [0.2, 0.25) is 5.02 Å². The zero-order chi connectivity index (χ0) is 7.56. The molecule has 2 nitrogen and oxygen atoms in total. The van der Waals surface area contributed by atoms with Gasteiger partial charge in [-0.2, -0.15) is 5.26 Å². The molecule has 10 heavy (non-hydrogen) atoms. The zero-order valence-corrected chi connectivity index (χ0v) is 7.15. The van der Waals surface area contributed by atoms with Crippen molar-refractivity contribution in [2.75, 3.05) is 0 Å². The Labute approximate surface area is 71.6 Å². The Kier molecular flexibility index (Phi) is 2.25. The van der Waals surface area contributed by atoms with E-state index in [0.717, 1.165) is 0 Å². The molecule has 0 fully saturated rings. The highest BCUT2D eigenvalue weighted by Gasteiger charge is 1.96. The summed E-state index contributed by atoms with van der Waals surface area (Å²) in [6.45, 7) is 0. The maximum Gasteiger partial charge on any atom is 0.143 e. The van der Waals surface area contributed by atoms with Crippen LogP contribution in [0.15, 0.2) is 16.7 Å². The Morgan fingerprint density at radius 1 is 1.60 bits per heavy atom. The first-order valence-electron chi connectivity index (χ1n) is 2.45. The summed E-state index contributed by atoms with van der Waals surface area (Å²) < 4.78 is 0.580. The third kappa shape index (κ3) is 1.69. The van der Waals surface area contributed by atoms with Gasteiger partial charge in [0.15, 0.2) is 0 Å². The van der Waals surface area contributed by atoms with Crippen molar-refractivity contribution in [3.63, 3.8) is 0 Å². The van der Waals surface area contributed by atoms with Crippen molar-refractivity contribution in [1.29, 1.82) is 5.26 Å². The van der Waals surface area contributed by atoms with Gasteiger partial charge in [-0.05, 0) is 28.1 Å². The SMILES string of the molecule is N#Cc1cc(Cl)cc(Br)n1. The molecule has 0 aliphatic rings. The molecule has 1 aromatic heterocycles. The number of halogens is 2. The van der Waals surface area contributed by atoms with E-state index in [0.29, 0.717) is 15.3 Å². The minimum atomic E-state index is 0.319. The van der Waals surface area contributed by atoms with E-state index in [1.54, 1.807) is 6.07 Å². The molecule has 4 heteroatoms. The number of rotatable bonds is 0. The Bertz CT molecular complexity index is 272. The highest BCUT2D eigenvalue weighted by molar-refractivity contribution is 9.10. The maximum atomic E-state index is 8.39. The first kappa shape index (κ1) is 7.52. The van der Waals surface area contributed by atoms with Crippen LogP contribution < -0.4 is 0 Å². The fourth-order valence-electron chi connectivity index (χ4n) is 0.523. The topological polar surface area (TPSA) is 36.7 Å². The van der Waals surface area contributed by atoms with Crippen LogP contribution in [0.5, 0.6) is 0 Å². The van der Waals surface area contributed by atoms with Crippen LogP contribution in [-0.2, 0) is 0 Å². The van der Waals surface area contributed by atoms with Crippen LogP contribution in [0.1, 0.15) is 5.69 Å². The summed E-state index contributed by atoms with van der Waals surface area (Å²) in [5.74, 6) is 0. The first-order valence-corrected chi connectivity index (χ1v) is 3.62. The lowest BCUT2D eigenvalue weighted by molar-refractivity contribution is 1.22. The van der Waals surface area contributed by atoms with Gasteiger partial charge in [0.05, 0.1) is 0 Å². The quantitative estimate of drug-likeness (QED) is 0.626. The minimum absolute atomic E-state index is 0.319. The number of pyridine rings is 1. The fourth-order valence-corrected chi connectivity index (χ4v) is 1.30. The Morgan fingerprint density at radius 3 is 2.80 bits per heavy atom. The molecule has 0 aliphatic carbocycles. The molecule has 0 aromatic carbocycles. The van der Waals surface area contributed by atoms with E-state index in [1.807, 2.05) is 6.07 Å². The Morgan fingerprint density at radius 2 is 2.30 bits per heavy atom. The molecule has 0 unspecified atom stereocenters. The maximum absolute atomic E-state index is 8.39. The molecule has 50 valence electrons. The molecule has 0 amide bonds. The molecule has 0 radical (unpaired) electrons. The van der Waals surface area contributed by atoms with Gasteiger partial charge in [-0.1, -0.05) is 11.6 Å². The molecule has 0 aliphatic heterocycles. The second-order valence-electron chi connectivity index (χ2n) is 1.61. The van der Waals surface area contributed by atoms with Crippen LogP contribution in [-0.4, -0.2) is 4.98 Å². The van der Waals surface area contributed by atoms with Gasteiger partial charge in [0, 0.05) is 5.02 Å². The standard InChI is InChI=1S/C6H2BrClN2/c7-6-2-4(8)1-5(3-9)10-6/h1-2H. The molecule has 1 aromatic rings. The number of nitrogens with zero attached hydrogens (tertiary/aromatic N) is 2. The van der Waals surface area contributed by atoms with Crippen LogP contribution in [0.3, 0.4) is 0 Å². The lowest BCUT2D eigenvalue weighted by Gasteiger charge is -1.91. The second-order valence-corrected chi connectivity index (χ2v) is 2.85. The minimum Gasteiger partial charge on any atom is -0.230 e. The Hall–Kier alpha value is -0.590. The summed E-state index contributed by atoms with van der Waals surface area (Å²) in [5, 5.41) is 8.91. The number of nitriles is 1. The van der Waals surface area contributed by atoms with Crippen molar-refractivity contribution in [3.8, 4) is 6.07 Å². The number of aromatic nitrogens is 1. The normalized spacial score (nSPS) is 8.90. The highest BCUT2D eigenvalue weighted by atomic mass is 79.9. The zero-order valence-electron chi connectivity index (χ0n) is 4.81. The predicted octanol–water partition coefficient (Wildman–Crippen LogP) is 2.37. The third-order valence-corrected chi connectivity index (χ3v) is 1.50. The van der Waals surface area contributed by atoms with Crippen molar-refractivity contribution in [2.24, 2.45) is 0 Å². The monoisotopic (exact) mass is 216 g/mol. The molecule has 0 saturated heterocycles. The van der Waals surface area contributed by atoms with Crippen LogP contribution in [0.4, 0.5) is 0 Å². The first-order chi connectivity index (χ1) is 4.72. The molecule has 0 N–H and O–H groups in total. The van der Waals surface area contributed by atoms with Crippen molar-refractivity contribution in [1.82, 2.24) is 4.98 Å². The lowest BCUT2D eigenvalue weighted by atomic mass is 10.4. The van der Waals surface area contributed by atoms with Crippen LogP contribution in [0.25, 0.3) is 0 Å². The molecule has 0 spiro atoms. The van der Waals surface area contributed by atoms with E-state index >= 15 is 0 Å². The highest BCUT2D eigenvalue weighted by Crippen LogP contribution is 2.14. The summed E-state index contributed by atoms with van der Waals surface area (Å²) in [4.78, 5) is 3.82. The van der Waals surface area contributed by atoms with Crippen molar-refractivity contribution >= 4 is 27.5 Å². The number of hydrogen-bond donors (Lipinski definition) is 0. The van der Waals surface area contributed by atoms with E-state index in [9.17, 15) is 0 Å². The van der Waals surface area contributed by atoms with Gasteiger partial charge in [-0.3, -0.25) is 0 Å². The molecule has 1 rings (SSSR count). The third-order valence-electron chi connectivity index (χ3n) is 0.873. The largest absolute Gasteiger partial charge is 0.230 e. The molecule has 0 atom stereocenters. The molecule has 0 bridgehead atoms. The fraction of sp³-hybridized carbons (Fsp3) is 0. The van der Waals surface area contributed by atoms with E-state index in [2.05, 4.69) is 20.9 Å². The molecular weight excluding hydrogens is 215 g/mol. The van der Waals surface area contributed by atoms with Gasteiger partial charge in [-0.25, -0.2) is 4.98 Å². The van der Waals surface area contributed by atoms with E-state index in [4.69, 9.17) is 16.9 Å². The van der Waals surface area contributed by atoms with Gasteiger partial charge in [-0.15, -0.1) is 0 Å². The average Bonchev–Trinajstić information content (AvgIpc) is 1.85. The van der Waals surface area contributed by atoms with Gasteiger partial charge >= 0.3 is 0 Å². The Balaban J connectivity index is 3.22. The van der Waals surface area contributed by atoms with Crippen LogP contribution >= 0.6 is 27.5 Å². The molecular formula is C6H2BrClN2. The predicted molar refractivity (Wildman–Crippen MR) is 41.7 cm³/mol. The molecule has 0 saturated carbocycles.